The Labute approximate surface area is 139 Å². The minimum absolute atomic E-state index is 0.170. The van der Waals surface area contributed by atoms with E-state index in [1.54, 1.807) is 11.3 Å². The molecule has 1 aromatic carbocycles. The van der Waals surface area contributed by atoms with Gasteiger partial charge in [0.2, 0.25) is 0 Å². The highest BCUT2D eigenvalue weighted by molar-refractivity contribution is 9.11. The molecule has 1 heterocycles. The summed E-state index contributed by atoms with van der Waals surface area (Å²) in [6.45, 7) is 5.06. The first kappa shape index (κ1) is 15.5. The molecule has 5 heteroatoms. The van der Waals surface area contributed by atoms with Gasteiger partial charge in [-0.15, -0.1) is 11.3 Å². The van der Waals surface area contributed by atoms with Gasteiger partial charge in [-0.1, -0.05) is 56.5 Å². The Morgan fingerprint density at radius 1 is 1.32 bits per heavy atom. The Bertz CT molecular complexity index is 563. The average molecular weight is 424 g/mol. The van der Waals surface area contributed by atoms with Crippen LogP contribution >= 0.6 is 54.8 Å². The second-order valence-electron chi connectivity index (χ2n) is 4.26. The molecule has 19 heavy (non-hydrogen) atoms. The largest absolute Gasteiger partial charge is 0.306 e. The number of nitrogens with one attached hydrogen (secondary N) is 1. The molecule has 0 bridgehead atoms. The van der Waals surface area contributed by atoms with Gasteiger partial charge in [0.15, 0.2) is 0 Å². The summed E-state index contributed by atoms with van der Waals surface area (Å²) in [6, 6.07) is 8.59. The van der Waals surface area contributed by atoms with Crippen LogP contribution in [0.15, 0.2) is 33.2 Å². The predicted molar refractivity (Wildman–Crippen MR) is 91.4 cm³/mol. The van der Waals surface area contributed by atoms with Crippen LogP contribution in [0.25, 0.3) is 0 Å². The maximum absolute atomic E-state index is 6.20. The quantitative estimate of drug-likeness (QED) is 0.642. The fraction of sp³-hybridized carbons (Fsp3) is 0.286. The van der Waals surface area contributed by atoms with Crippen LogP contribution in [0, 0.1) is 6.92 Å². The van der Waals surface area contributed by atoms with E-state index < -0.39 is 0 Å². The summed E-state index contributed by atoms with van der Waals surface area (Å²) in [5.74, 6) is 0. The number of thiophene rings is 1. The van der Waals surface area contributed by atoms with Gasteiger partial charge in [0.1, 0.15) is 0 Å². The number of benzene rings is 1. The normalized spacial score (nSPS) is 12.7. The van der Waals surface area contributed by atoms with Crippen molar-refractivity contribution in [2.24, 2.45) is 0 Å². The minimum atomic E-state index is 0.170. The third kappa shape index (κ3) is 3.61. The van der Waals surface area contributed by atoms with Crippen LogP contribution in [0.5, 0.6) is 0 Å². The van der Waals surface area contributed by atoms with Crippen molar-refractivity contribution in [1.29, 1.82) is 0 Å². The zero-order valence-electron chi connectivity index (χ0n) is 10.6. The topological polar surface area (TPSA) is 12.0 Å². The average Bonchev–Trinajstić information content (AvgIpc) is 2.67. The van der Waals surface area contributed by atoms with Crippen molar-refractivity contribution in [1.82, 2.24) is 5.32 Å². The monoisotopic (exact) mass is 421 g/mol. The first-order valence-electron chi connectivity index (χ1n) is 5.97. The lowest BCUT2D eigenvalue weighted by Gasteiger charge is -2.18. The van der Waals surface area contributed by atoms with Crippen molar-refractivity contribution >= 4 is 54.8 Å². The molecule has 1 nitrogen and oxygen atoms in total. The Balaban J connectivity index is 2.44. The van der Waals surface area contributed by atoms with Crippen molar-refractivity contribution in [3.05, 3.63) is 53.6 Å². The fourth-order valence-corrected chi connectivity index (χ4v) is 4.52. The maximum Gasteiger partial charge on any atom is 0.0961 e. The van der Waals surface area contributed by atoms with Crippen LogP contribution in [-0.2, 0) is 0 Å². The molecule has 0 aliphatic heterocycles. The molecule has 102 valence electrons. The van der Waals surface area contributed by atoms with Crippen LogP contribution in [0.1, 0.15) is 29.0 Å². The first-order chi connectivity index (χ1) is 9.02. The second-order valence-corrected chi connectivity index (χ2v) is 7.72. The summed E-state index contributed by atoms with van der Waals surface area (Å²) >= 11 is 15.0. The van der Waals surface area contributed by atoms with Gasteiger partial charge in [0.25, 0.3) is 0 Å². The molecule has 0 aliphatic rings. The molecule has 0 spiro atoms. The summed E-state index contributed by atoms with van der Waals surface area (Å²) in [7, 11) is 0. The van der Waals surface area contributed by atoms with E-state index in [1.807, 2.05) is 6.92 Å². The molecule has 0 saturated heterocycles. The summed E-state index contributed by atoms with van der Waals surface area (Å²) in [4.78, 5) is 1.24. The lowest BCUT2D eigenvalue weighted by atomic mass is 10.0. The molecule has 2 rings (SSSR count). The van der Waals surface area contributed by atoms with Crippen molar-refractivity contribution in [3.63, 3.8) is 0 Å². The van der Waals surface area contributed by atoms with Gasteiger partial charge < -0.3 is 5.32 Å². The summed E-state index contributed by atoms with van der Waals surface area (Å²) in [5.41, 5.74) is 2.36. The number of hydrogen-bond donors (Lipinski definition) is 1. The molecule has 0 fully saturated rings. The third-order valence-corrected chi connectivity index (χ3v) is 5.64. The van der Waals surface area contributed by atoms with E-state index in [2.05, 4.69) is 68.4 Å². The van der Waals surface area contributed by atoms with Crippen molar-refractivity contribution in [2.45, 2.75) is 19.9 Å². The van der Waals surface area contributed by atoms with Gasteiger partial charge in [0, 0.05) is 13.8 Å². The summed E-state index contributed by atoms with van der Waals surface area (Å²) in [5, 5.41) is 3.52. The Hall–Kier alpha value is 0.130. The molecule has 0 saturated carbocycles. The number of aryl methyl sites for hydroxylation is 1. The molecule has 1 N–H and O–H groups in total. The van der Waals surface area contributed by atoms with Gasteiger partial charge in [-0.2, -0.15) is 0 Å². The van der Waals surface area contributed by atoms with Crippen LogP contribution in [0.3, 0.4) is 0 Å². The van der Waals surface area contributed by atoms with Crippen LogP contribution < -0.4 is 5.32 Å². The number of hydrogen-bond acceptors (Lipinski definition) is 2. The molecule has 1 aromatic heterocycles. The Morgan fingerprint density at radius 2 is 2.05 bits per heavy atom. The first-order valence-corrected chi connectivity index (χ1v) is 8.75. The van der Waals surface area contributed by atoms with E-state index in [1.165, 1.54) is 10.4 Å². The highest BCUT2D eigenvalue weighted by atomic mass is 79.9. The minimum Gasteiger partial charge on any atom is -0.306 e. The summed E-state index contributed by atoms with van der Waals surface area (Å²) < 4.78 is 3.03. The van der Waals surface area contributed by atoms with Crippen molar-refractivity contribution in [3.8, 4) is 0 Å². The number of halogens is 3. The zero-order valence-corrected chi connectivity index (χ0v) is 15.4. The van der Waals surface area contributed by atoms with Crippen molar-refractivity contribution < 1.29 is 0 Å². The van der Waals surface area contributed by atoms with E-state index in [-0.39, 0.29) is 6.04 Å². The lowest BCUT2D eigenvalue weighted by Crippen LogP contribution is -2.21. The molecule has 2 aromatic rings. The van der Waals surface area contributed by atoms with E-state index in [0.717, 1.165) is 25.4 Å². The Kier molecular flexibility index (Phi) is 5.49. The van der Waals surface area contributed by atoms with E-state index in [9.17, 15) is 0 Å². The Morgan fingerprint density at radius 3 is 2.58 bits per heavy atom. The van der Waals surface area contributed by atoms with Gasteiger partial charge >= 0.3 is 0 Å². The third-order valence-electron chi connectivity index (χ3n) is 2.84. The molecule has 0 amide bonds. The fourth-order valence-electron chi connectivity index (χ4n) is 1.93. The van der Waals surface area contributed by atoms with Crippen LogP contribution in [0.2, 0.25) is 4.34 Å². The SMILES string of the molecule is CCNC(c1cc(C)c(Cl)s1)c1ccc(Br)cc1Br. The highest BCUT2D eigenvalue weighted by Gasteiger charge is 2.19. The van der Waals surface area contributed by atoms with Crippen LogP contribution in [-0.4, -0.2) is 6.54 Å². The molecule has 0 aliphatic carbocycles. The maximum atomic E-state index is 6.20. The van der Waals surface area contributed by atoms with Crippen molar-refractivity contribution in [2.75, 3.05) is 6.54 Å². The molecule has 0 radical (unpaired) electrons. The molecule has 1 unspecified atom stereocenters. The smallest absolute Gasteiger partial charge is 0.0961 e. The van der Waals surface area contributed by atoms with E-state index in [4.69, 9.17) is 11.6 Å². The molecule has 1 atom stereocenters. The van der Waals surface area contributed by atoms with Gasteiger partial charge in [0.05, 0.1) is 10.4 Å². The molecular formula is C14H14Br2ClNS. The summed E-state index contributed by atoms with van der Waals surface area (Å²) in [6.07, 6.45) is 0. The lowest BCUT2D eigenvalue weighted by molar-refractivity contribution is 0.637. The number of rotatable bonds is 4. The van der Waals surface area contributed by atoms with E-state index in [0.29, 0.717) is 0 Å². The van der Waals surface area contributed by atoms with Gasteiger partial charge in [-0.3, -0.25) is 0 Å². The van der Waals surface area contributed by atoms with Gasteiger partial charge in [-0.25, -0.2) is 0 Å². The predicted octanol–water partition coefficient (Wildman–Crippen LogP) is 5.93. The molecular weight excluding hydrogens is 409 g/mol. The van der Waals surface area contributed by atoms with Gasteiger partial charge in [-0.05, 0) is 42.8 Å². The highest BCUT2D eigenvalue weighted by Crippen LogP contribution is 2.37. The van der Waals surface area contributed by atoms with E-state index >= 15 is 0 Å². The zero-order chi connectivity index (χ0) is 14.0. The second kappa shape index (κ2) is 6.72. The van der Waals surface area contributed by atoms with Crippen LogP contribution in [0.4, 0.5) is 0 Å². The standard InChI is InChI=1S/C14H14Br2ClNS/c1-3-18-13(12-6-8(2)14(17)19-12)10-5-4-9(15)7-11(10)16/h4-7,13,18H,3H2,1-2H3.